The minimum atomic E-state index is 0.934. The Morgan fingerprint density at radius 2 is 1.07 bits per heavy atom. The Balaban J connectivity index is 1.28. The van der Waals surface area contributed by atoms with Crippen LogP contribution in [-0.4, -0.2) is 18.9 Å². The summed E-state index contributed by atoms with van der Waals surface area (Å²) in [7, 11) is 0. The van der Waals surface area contributed by atoms with Crippen LogP contribution in [0, 0.1) is 0 Å². The van der Waals surface area contributed by atoms with Gasteiger partial charge in [0.15, 0.2) is 0 Å². The first-order valence-electron chi connectivity index (χ1n) is 14.2. The summed E-state index contributed by atoms with van der Waals surface area (Å²) in [5, 5.41) is 3.62. The van der Waals surface area contributed by atoms with E-state index in [1.165, 1.54) is 16.3 Å². The van der Waals surface area contributed by atoms with Gasteiger partial charge in [0, 0.05) is 22.0 Å². The number of fused-ring (bicyclic) bond motifs is 9. The molecule has 0 radical (unpaired) electrons. The van der Waals surface area contributed by atoms with E-state index >= 15 is 0 Å². The lowest BCUT2D eigenvalue weighted by Gasteiger charge is -2.10. The molecular formula is C38H24N4. The van der Waals surface area contributed by atoms with Crippen LogP contribution in [0.15, 0.2) is 146 Å². The summed E-state index contributed by atoms with van der Waals surface area (Å²) in [6.07, 6.45) is 0. The van der Waals surface area contributed by atoms with Crippen molar-refractivity contribution in [3.8, 4) is 28.2 Å². The van der Waals surface area contributed by atoms with Crippen molar-refractivity contribution in [2.75, 3.05) is 0 Å². The van der Waals surface area contributed by atoms with Crippen molar-refractivity contribution in [2.24, 2.45) is 0 Å². The van der Waals surface area contributed by atoms with Gasteiger partial charge in [-0.2, -0.15) is 0 Å². The smallest absolute Gasteiger partial charge is 0.146 e. The maximum atomic E-state index is 5.20. The number of imidazole rings is 2. The topological polar surface area (TPSA) is 35.1 Å². The van der Waals surface area contributed by atoms with Gasteiger partial charge >= 0.3 is 0 Å². The fourth-order valence-corrected chi connectivity index (χ4v) is 6.37. The van der Waals surface area contributed by atoms with E-state index in [9.17, 15) is 0 Å². The van der Waals surface area contributed by atoms with Crippen LogP contribution in [0.5, 0.6) is 0 Å². The van der Waals surface area contributed by atoms with E-state index in [0.717, 1.165) is 61.3 Å². The molecule has 9 rings (SSSR count). The van der Waals surface area contributed by atoms with Crippen LogP contribution in [0.25, 0.3) is 77.6 Å². The highest BCUT2D eigenvalue weighted by Crippen LogP contribution is 2.35. The molecule has 0 N–H and O–H groups in total. The molecule has 0 aliphatic carbocycles. The van der Waals surface area contributed by atoms with Crippen LogP contribution in [0.1, 0.15) is 0 Å². The zero-order valence-electron chi connectivity index (χ0n) is 22.6. The zero-order chi connectivity index (χ0) is 27.6. The molecule has 0 saturated carbocycles. The molecule has 3 aromatic heterocycles. The molecule has 0 bridgehead atoms. The summed E-state index contributed by atoms with van der Waals surface area (Å²) >= 11 is 0. The number of benzene rings is 6. The number of hydrogen-bond donors (Lipinski definition) is 0. The van der Waals surface area contributed by atoms with Gasteiger partial charge in [0.2, 0.25) is 0 Å². The normalized spacial score (nSPS) is 11.8. The molecule has 0 saturated heterocycles. The Morgan fingerprint density at radius 3 is 1.90 bits per heavy atom. The molecule has 9 aromatic rings. The van der Waals surface area contributed by atoms with E-state index < -0.39 is 0 Å². The first kappa shape index (κ1) is 23.0. The predicted molar refractivity (Wildman–Crippen MR) is 173 cm³/mol. The van der Waals surface area contributed by atoms with Crippen LogP contribution in [0.2, 0.25) is 0 Å². The molecule has 42 heavy (non-hydrogen) atoms. The van der Waals surface area contributed by atoms with Gasteiger partial charge in [-0.3, -0.25) is 8.97 Å². The lowest BCUT2D eigenvalue weighted by Crippen LogP contribution is -1.97. The van der Waals surface area contributed by atoms with Crippen LogP contribution in [-0.2, 0) is 0 Å². The van der Waals surface area contributed by atoms with Gasteiger partial charge in [-0.1, -0.05) is 103 Å². The fraction of sp³-hybridized carbons (Fsp3) is 0. The van der Waals surface area contributed by atoms with Gasteiger partial charge in [-0.05, 0) is 59.0 Å². The molecule has 0 fully saturated rings. The van der Waals surface area contributed by atoms with E-state index in [2.05, 4.69) is 142 Å². The third kappa shape index (κ3) is 3.36. The largest absolute Gasteiger partial charge is 0.292 e. The number of hydrogen-bond acceptors (Lipinski definition) is 2. The van der Waals surface area contributed by atoms with Gasteiger partial charge < -0.3 is 0 Å². The Bertz CT molecular complexity index is 2450. The third-order valence-corrected chi connectivity index (χ3v) is 8.29. The number of pyridine rings is 1. The first-order valence-corrected chi connectivity index (χ1v) is 14.2. The highest BCUT2D eigenvalue weighted by Gasteiger charge is 2.17. The number of nitrogens with zero attached hydrogens (tertiary/aromatic N) is 4. The molecular weight excluding hydrogens is 512 g/mol. The summed E-state index contributed by atoms with van der Waals surface area (Å²) in [6.45, 7) is 0. The van der Waals surface area contributed by atoms with Crippen molar-refractivity contribution in [2.45, 2.75) is 0 Å². The minimum absolute atomic E-state index is 0.934. The van der Waals surface area contributed by atoms with Crippen molar-refractivity contribution in [1.29, 1.82) is 0 Å². The van der Waals surface area contributed by atoms with Crippen molar-refractivity contribution in [3.05, 3.63) is 146 Å². The molecule has 0 aliphatic heterocycles. The number of aromatic nitrogens is 4. The molecule has 4 nitrogen and oxygen atoms in total. The van der Waals surface area contributed by atoms with Crippen molar-refractivity contribution in [1.82, 2.24) is 18.9 Å². The van der Waals surface area contributed by atoms with Gasteiger partial charge in [0.05, 0.1) is 27.6 Å². The Labute approximate surface area is 241 Å². The second-order valence-corrected chi connectivity index (χ2v) is 10.7. The van der Waals surface area contributed by atoms with Gasteiger partial charge in [0.25, 0.3) is 0 Å². The molecule has 3 heterocycles. The lowest BCUT2D eigenvalue weighted by atomic mass is 10.0. The highest BCUT2D eigenvalue weighted by molar-refractivity contribution is 6.13. The van der Waals surface area contributed by atoms with Gasteiger partial charge in [-0.15, -0.1) is 0 Å². The average Bonchev–Trinajstić information content (AvgIpc) is 3.64. The van der Waals surface area contributed by atoms with E-state index in [1.807, 2.05) is 12.1 Å². The molecule has 0 unspecified atom stereocenters. The second kappa shape index (κ2) is 8.88. The van der Waals surface area contributed by atoms with Crippen molar-refractivity contribution < 1.29 is 0 Å². The first-order chi connectivity index (χ1) is 20.8. The van der Waals surface area contributed by atoms with Gasteiger partial charge in [0.1, 0.15) is 11.5 Å². The standard InChI is InChI=1S/C38H24N4/c1-3-11-25(12-4-1)37-39-32-21-19-27(24-36(32)41(37)28-13-5-2-6-14-28)26-20-22-35-33(23-26)40-38-31-17-8-7-15-29(31)30-16-9-10-18-34(30)42(35)38/h1-24H. The molecule has 6 aromatic carbocycles. The maximum Gasteiger partial charge on any atom is 0.146 e. The van der Waals surface area contributed by atoms with Crippen LogP contribution in [0.3, 0.4) is 0 Å². The van der Waals surface area contributed by atoms with E-state index in [-0.39, 0.29) is 0 Å². The summed E-state index contributed by atoms with van der Waals surface area (Å²) in [5.41, 5.74) is 10.7. The van der Waals surface area contributed by atoms with E-state index in [1.54, 1.807) is 0 Å². The Kier molecular flexibility index (Phi) is 4.87. The van der Waals surface area contributed by atoms with Crippen LogP contribution >= 0.6 is 0 Å². The molecule has 4 heteroatoms. The Morgan fingerprint density at radius 1 is 0.405 bits per heavy atom. The quantitative estimate of drug-likeness (QED) is 0.211. The molecule has 0 spiro atoms. The van der Waals surface area contributed by atoms with Crippen LogP contribution < -0.4 is 0 Å². The second-order valence-electron chi connectivity index (χ2n) is 10.7. The third-order valence-electron chi connectivity index (χ3n) is 8.29. The minimum Gasteiger partial charge on any atom is -0.292 e. The summed E-state index contributed by atoms with van der Waals surface area (Å²) in [5.74, 6) is 0.934. The van der Waals surface area contributed by atoms with Crippen molar-refractivity contribution in [3.63, 3.8) is 0 Å². The monoisotopic (exact) mass is 536 g/mol. The van der Waals surface area contributed by atoms with Crippen LogP contribution in [0.4, 0.5) is 0 Å². The summed E-state index contributed by atoms with van der Waals surface area (Å²) < 4.78 is 4.56. The fourth-order valence-electron chi connectivity index (χ4n) is 6.37. The van der Waals surface area contributed by atoms with Gasteiger partial charge in [-0.25, -0.2) is 9.97 Å². The zero-order valence-corrected chi connectivity index (χ0v) is 22.6. The van der Waals surface area contributed by atoms with E-state index in [0.29, 0.717) is 0 Å². The maximum absolute atomic E-state index is 5.20. The molecule has 196 valence electrons. The Hall–Kier alpha value is -5.74. The molecule has 0 aliphatic rings. The average molecular weight is 537 g/mol. The summed E-state index contributed by atoms with van der Waals surface area (Å²) in [4.78, 5) is 10.3. The molecule has 0 atom stereocenters. The van der Waals surface area contributed by atoms with Crippen molar-refractivity contribution >= 4 is 49.4 Å². The SMILES string of the molecule is c1ccc(-c2nc3ccc(-c4ccc5c(c4)nc4c6ccccc6c6ccccc6n54)cc3n2-c2ccccc2)cc1. The molecule has 0 amide bonds. The number of rotatable bonds is 3. The highest BCUT2D eigenvalue weighted by atomic mass is 15.1. The van der Waals surface area contributed by atoms with E-state index in [4.69, 9.17) is 9.97 Å². The predicted octanol–water partition coefficient (Wildman–Crippen LogP) is 9.47. The summed E-state index contributed by atoms with van der Waals surface area (Å²) in [6, 6.07) is 51.2. The lowest BCUT2D eigenvalue weighted by molar-refractivity contribution is 1.10. The number of para-hydroxylation sites is 2.